The molecule has 0 saturated heterocycles. The van der Waals surface area contributed by atoms with Crippen LogP contribution in [0.4, 0.5) is 5.69 Å². The van der Waals surface area contributed by atoms with Crippen LogP contribution in [0.25, 0.3) is 0 Å². The Morgan fingerprint density at radius 3 is 2.78 bits per heavy atom. The molecule has 0 bridgehead atoms. The largest absolute Gasteiger partial charge is 0.496 e. The minimum atomic E-state index is -0.495. The summed E-state index contributed by atoms with van der Waals surface area (Å²) in [7, 11) is 1.53. The Hall–Kier alpha value is -2.74. The zero-order valence-corrected chi connectivity index (χ0v) is 13.6. The van der Waals surface area contributed by atoms with Gasteiger partial charge in [-0.2, -0.15) is 5.10 Å². The summed E-state index contributed by atoms with van der Waals surface area (Å²) >= 11 is 3.29. The van der Waals surface area contributed by atoms with E-state index in [2.05, 4.69) is 26.5 Å². The van der Waals surface area contributed by atoms with E-state index < -0.39 is 10.8 Å². The first-order valence-corrected chi connectivity index (χ1v) is 7.22. The van der Waals surface area contributed by atoms with Gasteiger partial charge in [-0.3, -0.25) is 14.9 Å². The number of non-ortho nitro benzene ring substituents is 1. The molecule has 23 heavy (non-hydrogen) atoms. The van der Waals surface area contributed by atoms with Gasteiger partial charge in [-0.15, -0.1) is 0 Å². The lowest BCUT2D eigenvalue weighted by molar-refractivity contribution is -0.384. The van der Waals surface area contributed by atoms with E-state index in [0.717, 1.165) is 0 Å². The maximum absolute atomic E-state index is 12.0. The van der Waals surface area contributed by atoms with Crippen molar-refractivity contribution in [2.24, 2.45) is 5.10 Å². The Morgan fingerprint density at radius 1 is 1.35 bits per heavy atom. The third kappa shape index (κ3) is 4.36. The average molecular weight is 378 g/mol. The van der Waals surface area contributed by atoms with Gasteiger partial charge in [0.25, 0.3) is 11.6 Å². The minimum absolute atomic E-state index is 0.0423. The number of ether oxygens (including phenoxy) is 1. The van der Waals surface area contributed by atoms with Crippen LogP contribution in [0.3, 0.4) is 0 Å². The SMILES string of the molecule is COc1ccc(C(=O)N/N=C/c2cccc([N+](=O)[O-])c2)cc1Br. The molecule has 0 radical (unpaired) electrons. The average Bonchev–Trinajstić information content (AvgIpc) is 2.55. The van der Waals surface area contributed by atoms with Gasteiger partial charge in [0.1, 0.15) is 5.75 Å². The standard InChI is InChI=1S/C15H12BrN3O4/c1-23-14-6-5-11(8-13(14)16)15(20)18-17-9-10-3-2-4-12(7-10)19(21)22/h2-9H,1H3,(H,18,20)/b17-9+. The van der Waals surface area contributed by atoms with Gasteiger partial charge in [0.15, 0.2) is 0 Å². The second kappa shape index (κ2) is 7.50. The second-order valence-corrected chi connectivity index (χ2v) is 5.25. The number of nitro benzene ring substituents is 1. The number of carbonyl (C=O) groups is 1. The molecule has 0 spiro atoms. The first-order valence-electron chi connectivity index (χ1n) is 6.42. The van der Waals surface area contributed by atoms with Crippen molar-refractivity contribution in [3.63, 3.8) is 0 Å². The summed E-state index contributed by atoms with van der Waals surface area (Å²) in [6.07, 6.45) is 1.34. The van der Waals surface area contributed by atoms with Crippen LogP contribution in [0.15, 0.2) is 52.0 Å². The number of hydrazone groups is 1. The van der Waals surface area contributed by atoms with Gasteiger partial charge in [0, 0.05) is 23.3 Å². The molecule has 2 aromatic rings. The zero-order valence-electron chi connectivity index (χ0n) is 12.0. The second-order valence-electron chi connectivity index (χ2n) is 4.40. The van der Waals surface area contributed by atoms with Crippen molar-refractivity contribution < 1.29 is 14.5 Å². The van der Waals surface area contributed by atoms with Crippen molar-refractivity contribution in [2.45, 2.75) is 0 Å². The monoisotopic (exact) mass is 377 g/mol. The van der Waals surface area contributed by atoms with E-state index >= 15 is 0 Å². The van der Waals surface area contributed by atoms with Crippen LogP contribution in [-0.4, -0.2) is 24.2 Å². The van der Waals surface area contributed by atoms with Gasteiger partial charge >= 0.3 is 0 Å². The third-order valence-corrected chi connectivity index (χ3v) is 3.49. The number of hydrogen-bond donors (Lipinski definition) is 1. The van der Waals surface area contributed by atoms with Crippen LogP contribution in [0, 0.1) is 10.1 Å². The highest BCUT2D eigenvalue weighted by Gasteiger charge is 2.08. The first-order chi connectivity index (χ1) is 11.0. The summed E-state index contributed by atoms with van der Waals surface area (Å²) in [5, 5.41) is 14.5. The van der Waals surface area contributed by atoms with Crippen LogP contribution in [0.1, 0.15) is 15.9 Å². The number of amides is 1. The fraction of sp³-hybridized carbons (Fsp3) is 0.0667. The number of nitrogens with one attached hydrogen (secondary N) is 1. The zero-order chi connectivity index (χ0) is 16.8. The third-order valence-electron chi connectivity index (χ3n) is 2.87. The predicted octanol–water partition coefficient (Wildman–Crippen LogP) is 3.13. The van der Waals surface area contributed by atoms with Crippen LogP contribution in [-0.2, 0) is 0 Å². The molecule has 0 unspecified atom stereocenters. The number of halogens is 1. The lowest BCUT2D eigenvalue weighted by atomic mass is 10.2. The van der Waals surface area contributed by atoms with Crippen molar-refractivity contribution >= 4 is 33.7 Å². The fourth-order valence-corrected chi connectivity index (χ4v) is 2.30. The summed E-state index contributed by atoms with van der Waals surface area (Å²) in [4.78, 5) is 22.2. The smallest absolute Gasteiger partial charge is 0.271 e. The van der Waals surface area contributed by atoms with E-state index in [1.807, 2.05) is 0 Å². The van der Waals surface area contributed by atoms with Gasteiger partial charge in [-0.25, -0.2) is 5.43 Å². The number of benzene rings is 2. The lowest BCUT2D eigenvalue weighted by Crippen LogP contribution is -2.17. The van der Waals surface area contributed by atoms with Crippen molar-refractivity contribution in [3.05, 3.63) is 68.2 Å². The molecule has 0 aliphatic heterocycles. The fourth-order valence-electron chi connectivity index (χ4n) is 1.76. The molecule has 0 fully saturated rings. The molecular formula is C15H12BrN3O4. The lowest BCUT2D eigenvalue weighted by Gasteiger charge is -2.05. The van der Waals surface area contributed by atoms with Crippen LogP contribution in [0.5, 0.6) is 5.75 Å². The summed E-state index contributed by atoms with van der Waals surface area (Å²) in [5.74, 6) is 0.205. The van der Waals surface area contributed by atoms with Crippen LogP contribution >= 0.6 is 15.9 Å². The normalized spacial score (nSPS) is 10.5. The molecule has 2 aromatic carbocycles. The number of nitro groups is 1. The Labute approximate surface area is 140 Å². The molecule has 0 aromatic heterocycles. The van der Waals surface area contributed by atoms with E-state index in [1.165, 1.54) is 25.5 Å². The molecular weight excluding hydrogens is 366 g/mol. The number of methoxy groups -OCH3 is 1. The summed E-state index contributed by atoms with van der Waals surface area (Å²) < 4.78 is 5.73. The molecule has 8 heteroatoms. The van der Waals surface area contributed by atoms with Crippen molar-refractivity contribution in [2.75, 3.05) is 7.11 Å². The van der Waals surface area contributed by atoms with Gasteiger partial charge in [-0.1, -0.05) is 12.1 Å². The number of carbonyl (C=O) groups excluding carboxylic acids is 1. The Bertz CT molecular complexity index is 777. The van der Waals surface area contributed by atoms with Gasteiger partial charge in [-0.05, 0) is 34.1 Å². The van der Waals surface area contributed by atoms with E-state index in [1.54, 1.807) is 30.3 Å². The quantitative estimate of drug-likeness (QED) is 0.491. The molecule has 2 rings (SSSR count). The highest BCUT2D eigenvalue weighted by atomic mass is 79.9. The van der Waals surface area contributed by atoms with Crippen molar-refractivity contribution in [1.29, 1.82) is 0 Å². The number of hydrogen-bond acceptors (Lipinski definition) is 5. The Balaban J connectivity index is 2.05. The van der Waals surface area contributed by atoms with Crippen molar-refractivity contribution in [3.8, 4) is 5.75 Å². The van der Waals surface area contributed by atoms with E-state index in [0.29, 0.717) is 21.3 Å². The molecule has 1 amide bonds. The molecule has 0 atom stereocenters. The highest BCUT2D eigenvalue weighted by Crippen LogP contribution is 2.25. The van der Waals surface area contributed by atoms with Crippen LogP contribution in [0.2, 0.25) is 0 Å². The molecule has 118 valence electrons. The van der Waals surface area contributed by atoms with E-state index in [-0.39, 0.29) is 5.69 Å². The Morgan fingerprint density at radius 2 is 2.13 bits per heavy atom. The predicted molar refractivity (Wildman–Crippen MR) is 88.9 cm³/mol. The van der Waals surface area contributed by atoms with E-state index in [4.69, 9.17) is 4.74 Å². The van der Waals surface area contributed by atoms with Crippen LogP contribution < -0.4 is 10.2 Å². The molecule has 0 heterocycles. The minimum Gasteiger partial charge on any atom is -0.496 e. The molecule has 0 aliphatic carbocycles. The van der Waals surface area contributed by atoms with Gasteiger partial charge < -0.3 is 4.74 Å². The number of nitrogens with zero attached hydrogens (tertiary/aromatic N) is 2. The molecule has 1 N–H and O–H groups in total. The van der Waals surface area contributed by atoms with Crippen molar-refractivity contribution in [1.82, 2.24) is 5.43 Å². The first kappa shape index (κ1) is 16.6. The van der Waals surface area contributed by atoms with Gasteiger partial charge in [0.2, 0.25) is 0 Å². The molecule has 0 aliphatic rings. The molecule has 0 saturated carbocycles. The Kier molecular flexibility index (Phi) is 5.42. The summed E-state index contributed by atoms with van der Waals surface area (Å²) in [6, 6.07) is 10.8. The maximum atomic E-state index is 12.0. The summed E-state index contributed by atoms with van der Waals surface area (Å²) in [5.41, 5.74) is 3.22. The maximum Gasteiger partial charge on any atom is 0.271 e. The summed E-state index contributed by atoms with van der Waals surface area (Å²) in [6.45, 7) is 0. The van der Waals surface area contributed by atoms with Gasteiger partial charge in [0.05, 0.1) is 22.7 Å². The molecule has 7 nitrogen and oxygen atoms in total. The topological polar surface area (TPSA) is 93.8 Å². The van der Waals surface area contributed by atoms with E-state index in [9.17, 15) is 14.9 Å². The number of rotatable bonds is 5. The highest BCUT2D eigenvalue weighted by molar-refractivity contribution is 9.10.